The molecule has 1 heteroatoms. The average molecular weight is 93.1 g/mol. The van der Waals surface area contributed by atoms with Crippen molar-refractivity contribution in [3.05, 3.63) is 24.3 Å². The van der Waals surface area contributed by atoms with Gasteiger partial charge in [0.05, 0.1) is 6.07 Å². The standard InChI is InChI=1S/C6H7N/c1-3-4-6(2)5-7/h3-4H,2H2,1H3/b4-3+. The van der Waals surface area contributed by atoms with Gasteiger partial charge in [0.25, 0.3) is 0 Å². The zero-order chi connectivity index (χ0) is 5.70. The Morgan fingerprint density at radius 3 is 2.57 bits per heavy atom. The van der Waals surface area contributed by atoms with Crippen LogP contribution in [0.4, 0.5) is 0 Å². The normalized spacial score (nSPS) is 8.57. The summed E-state index contributed by atoms with van der Waals surface area (Å²) >= 11 is 0. The fraction of sp³-hybridized carbons (Fsp3) is 0.167. The van der Waals surface area contributed by atoms with E-state index in [1.165, 1.54) is 0 Å². The summed E-state index contributed by atoms with van der Waals surface area (Å²) in [6, 6.07) is 1.88. The number of hydrogen-bond donors (Lipinski definition) is 0. The van der Waals surface area contributed by atoms with Crippen LogP contribution in [-0.2, 0) is 0 Å². The van der Waals surface area contributed by atoms with E-state index >= 15 is 0 Å². The maximum Gasteiger partial charge on any atom is 0.0985 e. The fourth-order valence-corrected chi connectivity index (χ4v) is 0.238. The molecule has 0 amide bonds. The predicted molar refractivity (Wildman–Crippen MR) is 29.6 cm³/mol. The third-order valence-corrected chi connectivity index (χ3v) is 0.511. The molecule has 0 rings (SSSR count). The van der Waals surface area contributed by atoms with Crippen LogP contribution in [0.1, 0.15) is 6.92 Å². The quantitative estimate of drug-likeness (QED) is 0.357. The lowest BCUT2D eigenvalue weighted by molar-refractivity contribution is 1.50. The third-order valence-electron chi connectivity index (χ3n) is 0.511. The molecule has 36 valence electrons. The molecule has 0 radical (unpaired) electrons. The number of nitrogens with zero attached hydrogens (tertiary/aromatic N) is 1. The Labute approximate surface area is 43.6 Å². The van der Waals surface area contributed by atoms with Crippen molar-refractivity contribution in [3.8, 4) is 6.07 Å². The highest BCUT2D eigenvalue weighted by molar-refractivity contribution is 5.28. The molecule has 0 saturated heterocycles. The molecule has 0 bridgehead atoms. The molecule has 0 aliphatic carbocycles. The minimum atomic E-state index is 0.502. The van der Waals surface area contributed by atoms with E-state index in [9.17, 15) is 0 Å². The summed E-state index contributed by atoms with van der Waals surface area (Å²) < 4.78 is 0. The number of allylic oxidation sites excluding steroid dienone is 3. The van der Waals surface area contributed by atoms with Crippen LogP contribution in [0.15, 0.2) is 24.3 Å². The van der Waals surface area contributed by atoms with Crippen molar-refractivity contribution >= 4 is 0 Å². The van der Waals surface area contributed by atoms with Gasteiger partial charge in [-0.2, -0.15) is 5.26 Å². The van der Waals surface area contributed by atoms with Crippen LogP contribution < -0.4 is 0 Å². The first-order chi connectivity index (χ1) is 3.31. The Morgan fingerprint density at radius 2 is 2.43 bits per heavy atom. The summed E-state index contributed by atoms with van der Waals surface area (Å²) in [6.45, 7) is 5.26. The van der Waals surface area contributed by atoms with Crippen LogP contribution in [-0.4, -0.2) is 0 Å². The van der Waals surface area contributed by atoms with Gasteiger partial charge in [-0.1, -0.05) is 12.7 Å². The van der Waals surface area contributed by atoms with E-state index < -0.39 is 0 Å². The van der Waals surface area contributed by atoms with Crippen LogP contribution in [0.2, 0.25) is 0 Å². The van der Waals surface area contributed by atoms with Crippen LogP contribution in [0, 0.1) is 11.3 Å². The highest BCUT2D eigenvalue weighted by Crippen LogP contribution is 1.85. The van der Waals surface area contributed by atoms with E-state index in [4.69, 9.17) is 5.26 Å². The molecule has 0 heterocycles. The van der Waals surface area contributed by atoms with Crippen molar-refractivity contribution in [2.45, 2.75) is 6.92 Å². The lowest BCUT2D eigenvalue weighted by atomic mass is 10.3. The van der Waals surface area contributed by atoms with Gasteiger partial charge in [0, 0.05) is 5.57 Å². The Kier molecular flexibility index (Phi) is 2.70. The van der Waals surface area contributed by atoms with Gasteiger partial charge in [-0.05, 0) is 13.0 Å². The van der Waals surface area contributed by atoms with E-state index in [2.05, 4.69) is 6.58 Å². The number of rotatable bonds is 1. The summed E-state index contributed by atoms with van der Waals surface area (Å²) in [5.74, 6) is 0. The molecule has 0 aliphatic rings. The largest absolute Gasteiger partial charge is 0.192 e. The SMILES string of the molecule is C=C(C#N)/C=C/C. The summed E-state index contributed by atoms with van der Waals surface area (Å²) in [6.07, 6.45) is 3.45. The molecule has 0 aliphatic heterocycles. The summed E-state index contributed by atoms with van der Waals surface area (Å²) in [7, 11) is 0. The second-order valence-electron chi connectivity index (χ2n) is 1.14. The van der Waals surface area contributed by atoms with Crippen molar-refractivity contribution < 1.29 is 0 Å². The van der Waals surface area contributed by atoms with Gasteiger partial charge in [0.2, 0.25) is 0 Å². The molecule has 0 N–H and O–H groups in total. The van der Waals surface area contributed by atoms with Crippen molar-refractivity contribution in [1.29, 1.82) is 5.26 Å². The molecule has 0 atom stereocenters. The number of nitriles is 1. The molecule has 0 saturated carbocycles. The molecule has 0 aromatic heterocycles. The topological polar surface area (TPSA) is 23.8 Å². The molecular weight excluding hydrogens is 86.1 g/mol. The maximum absolute atomic E-state index is 8.07. The van der Waals surface area contributed by atoms with E-state index in [0.29, 0.717) is 5.57 Å². The van der Waals surface area contributed by atoms with Gasteiger partial charge in [0.15, 0.2) is 0 Å². The van der Waals surface area contributed by atoms with Crippen molar-refractivity contribution in [2.75, 3.05) is 0 Å². The molecule has 0 aromatic carbocycles. The first-order valence-electron chi connectivity index (χ1n) is 2.03. The van der Waals surface area contributed by atoms with Gasteiger partial charge >= 0.3 is 0 Å². The van der Waals surface area contributed by atoms with E-state index in [0.717, 1.165) is 0 Å². The lowest BCUT2D eigenvalue weighted by Gasteiger charge is -1.72. The second-order valence-corrected chi connectivity index (χ2v) is 1.14. The predicted octanol–water partition coefficient (Wildman–Crippen LogP) is 1.64. The third kappa shape index (κ3) is 2.78. The fourth-order valence-electron chi connectivity index (χ4n) is 0.238. The van der Waals surface area contributed by atoms with E-state index in [1.54, 1.807) is 12.2 Å². The molecule has 0 fully saturated rings. The maximum atomic E-state index is 8.07. The Bertz CT molecular complexity index is 126. The van der Waals surface area contributed by atoms with Gasteiger partial charge in [-0.25, -0.2) is 0 Å². The molecule has 0 aromatic rings. The summed E-state index contributed by atoms with van der Waals surface area (Å²) in [5, 5.41) is 8.07. The van der Waals surface area contributed by atoms with Crippen LogP contribution in [0.5, 0.6) is 0 Å². The number of hydrogen-bond acceptors (Lipinski definition) is 1. The summed E-state index contributed by atoms with van der Waals surface area (Å²) in [5.41, 5.74) is 0.502. The van der Waals surface area contributed by atoms with E-state index in [-0.39, 0.29) is 0 Å². The molecule has 0 unspecified atom stereocenters. The molecular formula is C6H7N. The zero-order valence-electron chi connectivity index (χ0n) is 4.31. The smallest absolute Gasteiger partial charge is 0.0985 e. The average Bonchev–Trinajstić information content (AvgIpc) is 1.68. The Balaban J connectivity index is 3.66. The zero-order valence-corrected chi connectivity index (χ0v) is 4.31. The van der Waals surface area contributed by atoms with Crippen molar-refractivity contribution in [2.24, 2.45) is 0 Å². The van der Waals surface area contributed by atoms with Crippen molar-refractivity contribution in [3.63, 3.8) is 0 Å². The highest BCUT2D eigenvalue weighted by Gasteiger charge is 1.73. The van der Waals surface area contributed by atoms with Gasteiger partial charge in [-0.3, -0.25) is 0 Å². The first-order valence-corrected chi connectivity index (χ1v) is 2.03. The van der Waals surface area contributed by atoms with Crippen LogP contribution in [0.3, 0.4) is 0 Å². The second kappa shape index (κ2) is 3.17. The minimum Gasteiger partial charge on any atom is -0.192 e. The Morgan fingerprint density at radius 1 is 1.86 bits per heavy atom. The highest BCUT2D eigenvalue weighted by atomic mass is 14.2. The van der Waals surface area contributed by atoms with Gasteiger partial charge < -0.3 is 0 Å². The minimum absolute atomic E-state index is 0.502. The van der Waals surface area contributed by atoms with Crippen molar-refractivity contribution in [1.82, 2.24) is 0 Å². The summed E-state index contributed by atoms with van der Waals surface area (Å²) in [4.78, 5) is 0. The Hall–Kier alpha value is -1.03. The van der Waals surface area contributed by atoms with Crippen LogP contribution >= 0.6 is 0 Å². The molecule has 0 spiro atoms. The lowest BCUT2D eigenvalue weighted by Crippen LogP contribution is -1.60. The monoisotopic (exact) mass is 93.1 g/mol. The van der Waals surface area contributed by atoms with Gasteiger partial charge in [0.1, 0.15) is 0 Å². The van der Waals surface area contributed by atoms with Gasteiger partial charge in [-0.15, -0.1) is 0 Å². The molecule has 1 nitrogen and oxygen atoms in total. The first kappa shape index (κ1) is 5.97. The molecule has 7 heavy (non-hydrogen) atoms. The van der Waals surface area contributed by atoms with E-state index in [1.807, 2.05) is 13.0 Å². The van der Waals surface area contributed by atoms with Crippen LogP contribution in [0.25, 0.3) is 0 Å².